The molecule has 2 aromatic rings. The number of aromatic nitrogens is 4. The van der Waals surface area contributed by atoms with Crippen LogP contribution in [-0.2, 0) is 23.1 Å². The third-order valence-electron chi connectivity index (χ3n) is 4.34. The minimum Gasteiger partial charge on any atom is -0.386 e. The fraction of sp³-hybridized carbons (Fsp3) is 0.611. The Hall–Kier alpha value is -1.59. The number of imidazole rings is 1. The first-order valence-electron chi connectivity index (χ1n) is 9.76. The van der Waals surface area contributed by atoms with Crippen LogP contribution in [0.4, 0.5) is 5.82 Å². The van der Waals surface area contributed by atoms with Crippen molar-refractivity contribution in [1.82, 2.24) is 19.5 Å². The summed E-state index contributed by atoms with van der Waals surface area (Å²) in [5, 5.41) is 11.0. The van der Waals surface area contributed by atoms with E-state index in [1.165, 1.54) is 28.8 Å². The van der Waals surface area contributed by atoms with E-state index in [2.05, 4.69) is 15.0 Å². The molecule has 2 aromatic heterocycles. The van der Waals surface area contributed by atoms with Crippen molar-refractivity contribution in [3.05, 3.63) is 24.3 Å². The summed E-state index contributed by atoms with van der Waals surface area (Å²) in [6.07, 6.45) is -0.498. The van der Waals surface area contributed by atoms with Gasteiger partial charge in [0.15, 0.2) is 17.7 Å². The van der Waals surface area contributed by atoms with E-state index in [-0.39, 0.29) is 24.4 Å². The summed E-state index contributed by atoms with van der Waals surface area (Å²) >= 11 is 5.75. The van der Waals surface area contributed by atoms with Crippen LogP contribution in [0.3, 0.4) is 0 Å². The number of rotatable bonds is 9. The molecule has 1 aliphatic heterocycles. The summed E-state index contributed by atoms with van der Waals surface area (Å²) < 4.78 is 37.4. The molecule has 172 valence electrons. The van der Waals surface area contributed by atoms with Crippen molar-refractivity contribution in [3.8, 4) is 0 Å². The molecule has 1 fully saturated rings. The highest BCUT2D eigenvalue weighted by Gasteiger charge is 2.46. The SMILES string of the molecule is CC(C)OP(=O)(CO[C@@H]1[C@@H](O)[C@H](n2cnc3c(N)ncnc32)O[C@H]1/C=C/Cl)OC(C)C. The maximum atomic E-state index is 13.1. The lowest BCUT2D eigenvalue weighted by molar-refractivity contribution is -0.0306. The van der Waals surface area contributed by atoms with Gasteiger partial charge in [0.25, 0.3) is 0 Å². The summed E-state index contributed by atoms with van der Waals surface area (Å²) in [6, 6.07) is 0. The second-order valence-electron chi connectivity index (χ2n) is 7.56. The van der Waals surface area contributed by atoms with E-state index in [0.717, 1.165) is 0 Å². The van der Waals surface area contributed by atoms with E-state index < -0.39 is 32.1 Å². The number of halogens is 1. The summed E-state index contributed by atoms with van der Waals surface area (Å²) in [5.41, 5.74) is 7.87. The number of nitrogens with zero attached hydrogens (tertiary/aromatic N) is 4. The lowest BCUT2D eigenvalue weighted by atomic mass is 10.1. The van der Waals surface area contributed by atoms with Gasteiger partial charge in [0.05, 0.1) is 18.5 Å². The van der Waals surface area contributed by atoms with E-state index in [4.69, 9.17) is 35.9 Å². The number of hydrogen-bond acceptors (Lipinski definition) is 10. The van der Waals surface area contributed by atoms with Crippen molar-refractivity contribution in [1.29, 1.82) is 0 Å². The molecule has 0 saturated carbocycles. The molecule has 1 aliphatic rings. The van der Waals surface area contributed by atoms with Gasteiger partial charge in [0, 0.05) is 5.54 Å². The van der Waals surface area contributed by atoms with Crippen LogP contribution < -0.4 is 5.73 Å². The molecule has 0 radical (unpaired) electrons. The normalized spacial score (nSPS) is 24.9. The molecule has 0 spiro atoms. The van der Waals surface area contributed by atoms with Crippen LogP contribution in [0.5, 0.6) is 0 Å². The molecule has 3 heterocycles. The number of nitrogen functional groups attached to an aromatic ring is 1. The first-order valence-corrected chi connectivity index (χ1v) is 11.9. The van der Waals surface area contributed by atoms with Crippen molar-refractivity contribution in [3.63, 3.8) is 0 Å². The van der Waals surface area contributed by atoms with E-state index in [0.29, 0.717) is 11.2 Å². The van der Waals surface area contributed by atoms with Gasteiger partial charge in [0.2, 0.25) is 0 Å². The number of hydrogen-bond donors (Lipinski definition) is 2. The standard InChI is InChI=1S/C18H27ClN5O6P/c1-10(2)29-31(26,30-11(3)4)9-27-15-12(5-6-19)28-18(14(15)25)24-8-23-13-16(20)21-7-22-17(13)24/h5-8,10-12,14-15,18,25H,9H2,1-4H3,(H2,20,21,22)/b6-5+/t12-,14+,15-,18+/m0/s1. The van der Waals surface area contributed by atoms with Crippen LogP contribution in [0.1, 0.15) is 33.9 Å². The number of nitrogens with two attached hydrogens (primary N) is 1. The molecular weight excluding hydrogens is 449 g/mol. The topological polar surface area (TPSA) is 144 Å². The second-order valence-corrected chi connectivity index (χ2v) is 9.72. The molecule has 1 saturated heterocycles. The Kier molecular flexibility index (Phi) is 7.69. The van der Waals surface area contributed by atoms with Gasteiger partial charge in [-0.3, -0.25) is 9.13 Å². The maximum Gasteiger partial charge on any atom is 0.356 e. The molecule has 11 nitrogen and oxygen atoms in total. The molecule has 13 heteroatoms. The lowest BCUT2D eigenvalue weighted by Gasteiger charge is -2.26. The fourth-order valence-electron chi connectivity index (χ4n) is 3.29. The van der Waals surface area contributed by atoms with Crippen LogP contribution in [0.25, 0.3) is 11.2 Å². The van der Waals surface area contributed by atoms with Crippen LogP contribution in [0.2, 0.25) is 0 Å². The number of aliphatic hydroxyl groups is 1. The van der Waals surface area contributed by atoms with Crippen molar-refractivity contribution < 1.29 is 28.2 Å². The van der Waals surface area contributed by atoms with Crippen molar-refractivity contribution in [2.24, 2.45) is 0 Å². The van der Waals surface area contributed by atoms with Gasteiger partial charge in [-0.1, -0.05) is 11.6 Å². The Morgan fingerprint density at radius 3 is 2.58 bits per heavy atom. The van der Waals surface area contributed by atoms with Crippen molar-refractivity contribution in [2.45, 2.75) is 64.4 Å². The summed E-state index contributed by atoms with van der Waals surface area (Å²) in [7, 11) is -3.58. The van der Waals surface area contributed by atoms with Crippen molar-refractivity contribution in [2.75, 3.05) is 12.1 Å². The molecule has 4 atom stereocenters. The minimum absolute atomic E-state index is 0.207. The smallest absolute Gasteiger partial charge is 0.356 e. The second kappa shape index (κ2) is 9.91. The third-order valence-corrected chi connectivity index (χ3v) is 6.44. The number of anilines is 1. The van der Waals surface area contributed by atoms with Crippen LogP contribution in [0, 0.1) is 0 Å². The molecule has 0 unspecified atom stereocenters. The van der Waals surface area contributed by atoms with E-state index in [1.54, 1.807) is 27.7 Å². The monoisotopic (exact) mass is 475 g/mol. The largest absolute Gasteiger partial charge is 0.386 e. The number of aliphatic hydroxyl groups excluding tert-OH is 1. The van der Waals surface area contributed by atoms with E-state index >= 15 is 0 Å². The van der Waals surface area contributed by atoms with Gasteiger partial charge in [-0.25, -0.2) is 15.0 Å². The van der Waals surface area contributed by atoms with Gasteiger partial charge >= 0.3 is 7.60 Å². The molecule has 3 N–H and O–H groups in total. The first kappa shape index (κ1) is 24.1. The predicted octanol–water partition coefficient (Wildman–Crippen LogP) is 2.81. The van der Waals surface area contributed by atoms with Gasteiger partial charge in [0.1, 0.15) is 36.5 Å². The molecule has 0 aromatic carbocycles. The van der Waals surface area contributed by atoms with E-state index in [9.17, 15) is 9.67 Å². The Balaban J connectivity index is 1.84. The van der Waals surface area contributed by atoms with Gasteiger partial charge < -0.3 is 29.4 Å². The zero-order valence-corrected chi connectivity index (χ0v) is 19.3. The molecule has 0 aliphatic carbocycles. The summed E-state index contributed by atoms with van der Waals surface area (Å²) in [6.45, 7) is 6.99. The third kappa shape index (κ3) is 5.43. The van der Waals surface area contributed by atoms with Crippen LogP contribution in [0.15, 0.2) is 24.3 Å². The fourth-order valence-corrected chi connectivity index (χ4v) is 5.24. The molecule has 0 amide bonds. The predicted molar refractivity (Wildman–Crippen MR) is 114 cm³/mol. The highest BCUT2D eigenvalue weighted by Crippen LogP contribution is 2.51. The average molecular weight is 476 g/mol. The first-order chi connectivity index (χ1) is 14.6. The van der Waals surface area contributed by atoms with Gasteiger partial charge in [-0.05, 0) is 33.8 Å². The van der Waals surface area contributed by atoms with Crippen LogP contribution >= 0.6 is 19.2 Å². The zero-order valence-electron chi connectivity index (χ0n) is 17.7. The van der Waals surface area contributed by atoms with Gasteiger partial charge in [-0.15, -0.1) is 0 Å². The maximum absolute atomic E-state index is 13.1. The number of ether oxygens (including phenoxy) is 2. The minimum atomic E-state index is -3.58. The summed E-state index contributed by atoms with van der Waals surface area (Å²) in [5.74, 6) is 0.207. The van der Waals surface area contributed by atoms with Crippen molar-refractivity contribution >= 4 is 36.2 Å². The summed E-state index contributed by atoms with van der Waals surface area (Å²) in [4.78, 5) is 12.3. The van der Waals surface area contributed by atoms with Gasteiger partial charge in [-0.2, -0.15) is 0 Å². The average Bonchev–Trinajstić information content (AvgIpc) is 3.21. The Bertz CT molecular complexity index is 956. The van der Waals surface area contributed by atoms with Crippen LogP contribution in [-0.4, -0.2) is 61.5 Å². The quantitative estimate of drug-likeness (QED) is 0.519. The highest BCUT2D eigenvalue weighted by atomic mass is 35.5. The Morgan fingerprint density at radius 1 is 1.29 bits per heavy atom. The molecule has 3 rings (SSSR count). The lowest BCUT2D eigenvalue weighted by Crippen LogP contribution is -2.34. The highest BCUT2D eigenvalue weighted by molar-refractivity contribution is 7.53. The molecular formula is C18H27ClN5O6P. The van der Waals surface area contributed by atoms with E-state index in [1.807, 2.05) is 0 Å². The Labute approximate surface area is 185 Å². The Morgan fingerprint density at radius 2 is 1.97 bits per heavy atom. The zero-order chi connectivity index (χ0) is 22.8. The molecule has 31 heavy (non-hydrogen) atoms. The number of fused-ring (bicyclic) bond motifs is 1. The molecule has 0 bridgehead atoms.